The first-order valence-electron chi connectivity index (χ1n) is 8.06. The van der Waals surface area contributed by atoms with Crippen molar-refractivity contribution >= 4 is 11.8 Å². The lowest BCUT2D eigenvalue weighted by atomic mass is 10.0. The number of amides is 2. The van der Waals surface area contributed by atoms with Crippen LogP contribution in [0.4, 0.5) is 0 Å². The second kappa shape index (κ2) is 6.84. The highest BCUT2D eigenvalue weighted by Crippen LogP contribution is 2.25. The third kappa shape index (κ3) is 3.16. The number of nitrogens with zero attached hydrogens (tertiary/aromatic N) is 2. The molecular formula is C17H21N5O2. The number of primary amides is 1. The molecule has 2 aromatic rings. The summed E-state index contributed by atoms with van der Waals surface area (Å²) in [5.41, 5.74) is 12.2. The smallest absolute Gasteiger partial charge is 0.272 e. The van der Waals surface area contributed by atoms with E-state index in [1.807, 2.05) is 18.2 Å². The summed E-state index contributed by atoms with van der Waals surface area (Å²) >= 11 is 0. The average molecular weight is 327 g/mol. The van der Waals surface area contributed by atoms with Gasteiger partial charge in [-0.25, -0.2) is 4.68 Å². The number of para-hydroxylation sites is 1. The minimum absolute atomic E-state index is 0.0569. The monoisotopic (exact) mass is 327 g/mol. The minimum atomic E-state index is -0.633. The van der Waals surface area contributed by atoms with Gasteiger partial charge in [0.15, 0.2) is 5.69 Å². The van der Waals surface area contributed by atoms with Crippen LogP contribution in [0, 0.1) is 5.92 Å². The second-order valence-electron chi connectivity index (χ2n) is 6.03. The first-order chi connectivity index (χ1) is 11.6. The molecule has 7 heteroatoms. The van der Waals surface area contributed by atoms with Crippen molar-refractivity contribution in [1.29, 1.82) is 0 Å². The average Bonchev–Trinajstić information content (AvgIpc) is 3.22. The van der Waals surface area contributed by atoms with Crippen LogP contribution >= 0.6 is 0 Å². The molecule has 1 aromatic carbocycles. The van der Waals surface area contributed by atoms with E-state index in [4.69, 9.17) is 11.5 Å². The van der Waals surface area contributed by atoms with E-state index in [1.165, 1.54) is 10.7 Å². The number of aromatic nitrogens is 2. The first kappa shape index (κ1) is 16.2. The summed E-state index contributed by atoms with van der Waals surface area (Å²) in [6.07, 6.45) is 2.99. The molecule has 2 amide bonds. The third-order valence-electron chi connectivity index (χ3n) is 4.47. The van der Waals surface area contributed by atoms with E-state index in [-0.39, 0.29) is 23.3 Å². The van der Waals surface area contributed by atoms with Gasteiger partial charge in [0.05, 0.1) is 5.69 Å². The Morgan fingerprint density at radius 1 is 1.25 bits per heavy atom. The summed E-state index contributed by atoms with van der Waals surface area (Å²) in [7, 11) is 0. The van der Waals surface area contributed by atoms with Gasteiger partial charge in [-0.2, -0.15) is 5.10 Å². The Hall–Kier alpha value is -2.67. The Morgan fingerprint density at radius 2 is 2.00 bits per heavy atom. The van der Waals surface area contributed by atoms with Crippen molar-refractivity contribution in [2.24, 2.45) is 17.4 Å². The molecule has 1 fully saturated rings. The predicted octanol–water partition coefficient (Wildman–Crippen LogP) is 0.828. The molecule has 126 valence electrons. The normalized spacial score (nSPS) is 20.0. The molecule has 2 atom stereocenters. The SMILES string of the molecule is NCC1CCCC1NC(=O)c1cc(C(N)=O)n(-c2ccccc2)n1. The molecule has 1 aliphatic carbocycles. The van der Waals surface area contributed by atoms with Gasteiger partial charge in [0.1, 0.15) is 5.69 Å². The van der Waals surface area contributed by atoms with Gasteiger partial charge in [-0.1, -0.05) is 24.6 Å². The summed E-state index contributed by atoms with van der Waals surface area (Å²) in [6, 6.07) is 10.6. The highest BCUT2D eigenvalue weighted by Gasteiger charge is 2.29. The Bertz CT molecular complexity index is 741. The van der Waals surface area contributed by atoms with Gasteiger partial charge in [0, 0.05) is 12.1 Å². The lowest BCUT2D eigenvalue weighted by molar-refractivity contribution is 0.0922. The van der Waals surface area contributed by atoms with E-state index in [0.717, 1.165) is 19.3 Å². The van der Waals surface area contributed by atoms with Gasteiger partial charge in [-0.05, 0) is 37.4 Å². The van der Waals surface area contributed by atoms with Crippen molar-refractivity contribution in [2.75, 3.05) is 6.54 Å². The van der Waals surface area contributed by atoms with Crippen molar-refractivity contribution in [3.05, 3.63) is 47.8 Å². The third-order valence-corrected chi connectivity index (χ3v) is 4.47. The Kier molecular flexibility index (Phi) is 4.61. The molecule has 0 saturated heterocycles. The molecule has 1 aliphatic rings. The highest BCUT2D eigenvalue weighted by atomic mass is 16.2. The molecule has 7 nitrogen and oxygen atoms in total. The van der Waals surface area contributed by atoms with E-state index in [2.05, 4.69) is 10.4 Å². The van der Waals surface area contributed by atoms with Gasteiger partial charge in [-0.15, -0.1) is 0 Å². The van der Waals surface area contributed by atoms with Crippen molar-refractivity contribution in [3.63, 3.8) is 0 Å². The van der Waals surface area contributed by atoms with Crippen LogP contribution in [0.2, 0.25) is 0 Å². The molecule has 0 spiro atoms. The van der Waals surface area contributed by atoms with Crippen LogP contribution in [0.5, 0.6) is 0 Å². The molecule has 2 unspecified atom stereocenters. The zero-order valence-corrected chi connectivity index (χ0v) is 13.3. The van der Waals surface area contributed by atoms with Crippen LogP contribution < -0.4 is 16.8 Å². The van der Waals surface area contributed by atoms with E-state index in [1.54, 1.807) is 12.1 Å². The summed E-state index contributed by atoms with van der Waals surface area (Å²) in [5, 5.41) is 7.25. The van der Waals surface area contributed by atoms with Gasteiger partial charge < -0.3 is 16.8 Å². The zero-order chi connectivity index (χ0) is 17.1. The van der Waals surface area contributed by atoms with E-state index < -0.39 is 5.91 Å². The Balaban J connectivity index is 1.86. The summed E-state index contributed by atoms with van der Waals surface area (Å²) in [6.45, 7) is 0.552. The maximum atomic E-state index is 12.5. The van der Waals surface area contributed by atoms with Gasteiger partial charge in [-0.3, -0.25) is 9.59 Å². The lowest BCUT2D eigenvalue weighted by Gasteiger charge is -2.18. The predicted molar refractivity (Wildman–Crippen MR) is 89.7 cm³/mol. The Labute approximate surface area is 140 Å². The molecule has 5 N–H and O–H groups in total. The second-order valence-corrected chi connectivity index (χ2v) is 6.03. The maximum absolute atomic E-state index is 12.5. The molecule has 0 bridgehead atoms. The number of nitrogens with one attached hydrogen (secondary N) is 1. The van der Waals surface area contributed by atoms with Crippen LogP contribution in [-0.4, -0.2) is 34.2 Å². The summed E-state index contributed by atoms with van der Waals surface area (Å²) < 4.78 is 1.40. The minimum Gasteiger partial charge on any atom is -0.364 e. The van der Waals surface area contributed by atoms with E-state index >= 15 is 0 Å². The molecule has 3 rings (SSSR count). The van der Waals surface area contributed by atoms with Crippen LogP contribution in [0.1, 0.15) is 40.2 Å². The van der Waals surface area contributed by atoms with Crippen LogP contribution in [0.3, 0.4) is 0 Å². The van der Waals surface area contributed by atoms with Crippen LogP contribution in [0.15, 0.2) is 36.4 Å². The number of benzene rings is 1. The molecule has 1 saturated carbocycles. The topological polar surface area (TPSA) is 116 Å². The number of hydrogen-bond donors (Lipinski definition) is 3. The van der Waals surface area contributed by atoms with Crippen molar-refractivity contribution in [1.82, 2.24) is 15.1 Å². The number of carbonyl (C=O) groups is 2. The molecule has 1 aromatic heterocycles. The quantitative estimate of drug-likeness (QED) is 0.754. The van der Waals surface area contributed by atoms with Gasteiger partial charge in [0.25, 0.3) is 11.8 Å². The standard InChI is InChI=1S/C17H21N5O2/c18-10-11-5-4-8-13(11)20-17(24)14-9-15(16(19)23)22(21-14)12-6-2-1-3-7-12/h1-3,6-7,9,11,13H,4-5,8,10,18H2,(H2,19,23)(H,20,24). The number of rotatable bonds is 5. The van der Waals surface area contributed by atoms with Gasteiger partial charge in [0.2, 0.25) is 0 Å². The van der Waals surface area contributed by atoms with E-state index in [0.29, 0.717) is 18.2 Å². The van der Waals surface area contributed by atoms with Crippen molar-refractivity contribution in [2.45, 2.75) is 25.3 Å². The Morgan fingerprint density at radius 3 is 2.67 bits per heavy atom. The lowest BCUT2D eigenvalue weighted by Crippen LogP contribution is -2.40. The van der Waals surface area contributed by atoms with E-state index in [9.17, 15) is 9.59 Å². The zero-order valence-electron chi connectivity index (χ0n) is 13.3. The maximum Gasteiger partial charge on any atom is 0.272 e. The van der Waals surface area contributed by atoms with Crippen LogP contribution in [0.25, 0.3) is 5.69 Å². The van der Waals surface area contributed by atoms with Crippen LogP contribution in [-0.2, 0) is 0 Å². The number of nitrogens with two attached hydrogens (primary N) is 2. The first-order valence-corrected chi connectivity index (χ1v) is 8.06. The molecule has 0 radical (unpaired) electrons. The number of carbonyl (C=O) groups excluding carboxylic acids is 2. The fraction of sp³-hybridized carbons (Fsp3) is 0.353. The molecule has 24 heavy (non-hydrogen) atoms. The fourth-order valence-corrected chi connectivity index (χ4v) is 3.18. The summed E-state index contributed by atoms with van der Waals surface area (Å²) in [5.74, 6) is -0.649. The number of hydrogen-bond acceptors (Lipinski definition) is 4. The highest BCUT2D eigenvalue weighted by molar-refractivity contribution is 5.97. The molecule has 0 aliphatic heterocycles. The molecule has 1 heterocycles. The van der Waals surface area contributed by atoms with Crippen molar-refractivity contribution < 1.29 is 9.59 Å². The van der Waals surface area contributed by atoms with Gasteiger partial charge >= 0.3 is 0 Å². The fourth-order valence-electron chi connectivity index (χ4n) is 3.18. The van der Waals surface area contributed by atoms with Crippen molar-refractivity contribution in [3.8, 4) is 5.69 Å². The summed E-state index contributed by atoms with van der Waals surface area (Å²) in [4.78, 5) is 24.2. The molecular weight excluding hydrogens is 306 g/mol. The largest absolute Gasteiger partial charge is 0.364 e.